The van der Waals surface area contributed by atoms with Crippen molar-refractivity contribution in [2.45, 2.75) is 25.4 Å². The Morgan fingerprint density at radius 3 is 2.92 bits per heavy atom. The zero-order valence-corrected chi connectivity index (χ0v) is 14.3. The van der Waals surface area contributed by atoms with E-state index < -0.39 is 6.09 Å². The molecule has 1 saturated heterocycles. The van der Waals surface area contributed by atoms with Crippen LogP contribution in [0.25, 0.3) is 0 Å². The Hall–Kier alpha value is -2.11. The van der Waals surface area contributed by atoms with Crippen molar-refractivity contribution in [3.05, 3.63) is 58.9 Å². The number of likely N-dealkylation sites (tertiary alicyclic amines) is 1. The molecule has 1 N–H and O–H groups in total. The van der Waals surface area contributed by atoms with Gasteiger partial charge in [-0.2, -0.15) is 0 Å². The molecule has 1 atom stereocenters. The van der Waals surface area contributed by atoms with E-state index in [1.165, 1.54) is 12.6 Å². The normalized spacial score (nSPS) is 17.7. The topological polar surface area (TPSA) is 54.5 Å². The molecule has 0 radical (unpaired) electrons. The van der Waals surface area contributed by atoms with Crippen LogP contribution in [0.5, 0.6) is 5.75 Å². The van der Waals surface area contributed by atoms with Gasteiger partial charge in [-0.05, 0) is 54.8 Å². The molecule has 126 valence electrons. The van der Waals surface area contributed by atoms with E-state index in [4.69, 9.17) is 16.3 Å². The van der Waals surface area contributed by atoms with E-state index >= 15 is 0 Å². The molecule has 0 bridgehead atoms. The lowest BCUT2D eigenvalue weighted by Gasteiger charge is -2.25. The van der Waals surface area contributed by atoms with E-state index in [0.717, 1.165) is 31.5 Å². The second-order valence-electron chi connectivity index (χ2n) is 5.81. The van der Waals surface area contributed by atoms with E-state index in [-0.39, 0.29) is 0 Å². The van der Waals surface area contributed by atoms with Crippen LogP contribution >= 0.6 is 11.6 Å². The van der Waals surface area contributed by atoms with Gasteiger partial charge < -0.3 is 10.1 Å². The number of amides is 1. The standard InChI is InChI=1S/C18H20ClN3O2/c1-20-18(23)24-17-11-14(4-5-15(17)19)16-3-2-10-22(16)12-13-6-8-21-9-7-13/h4-9,11,16H,2-3,10,12H2,1H3,(H,20,23). The first-order chi connectivity index (χ1) is 11.7. The summed E-state index contributed by atoms with van der Waals surface area (Å²) >= 11 is 6.14. The molecule has 1 amide bonds. The lowest BCUT2D eigenvalue weighted by atomic mass is 10.0. The minimum Gasteiger partial charge on any atom is -0.409 e. The van der Waals surface area contributed by atoms with Crippen molar-refractivity contribution in [3.8, 4) is 5.75 Å². The molecule has 1 aliphatic heterocycles. The molecular weight excluding hydrogens is 326 g/mol. The van der Waals surface area contributed by atoms with Gasteiger partial charge in [-0.1, -0.05) is 17.7 Å². The summed E-state index contributed by atoms with van der Waals surface area (Å²) in [4.78, 5) is 18.0. The summed E-state index contributed by atoms with van der Waals surface area (Å²) in [5.74, 6) is 0.393. The van der Waals surface area contributed by atoms with Gasteiger partial charge in [0.15, 0.2) is 5.75 Å². The summed E-state index contributed by atoms with van der Waals surface area (Å²) in [6, 6.07) is 10.0. The number of hydrogen-bond acceptors (Lipinski definition) is 4. The lowest BCUT2D eigenvalue weighted by molar-refractivity contribution is 0.202. The number of ether oxygens (including phenoxy) is 1. The van der Waals surface area contributed by atoms with Gasteiger partial charge in [-0.3, -0.25) is 9.88 Å². The van der Waals surface area contributed by atoms with Crippen LogP contribution in [0, 0.1) is 0 Å². The SMILES string of the molecule is CNC(=O)Oc1cc(C2CCCN2Cc2ccncc2)ccc1Cl. The minimum atomic E-state index is -0.519. The second-order valence-corrected chi connectivity index (χ2v) is 6.22. The average Bonchev–Trinajstić information content (AvgIpc) is 3.05. The highest BCUT2D eigenvalue weighted by atomic mass is 35.5. The van der Waals surface area contributed by atoms with Gasteiger partial charge in [0.2, 0.25) is 0 Å². The molecule has 1 aliphatic rings. The third kappa shape index (κ3) is 3.86. The molecule has 24 heavy (non-hydrogen) atoms. The molecule has 1 aromatic carbocycles. The number of carbonyl (C=O) groups is 1. The monoisotopic (exact) mass is 345 g/mol. The summed E-state index contributed by atoms with van der Waals surface area (Å²) in [6.07, 6.45) is 5.33. The van der Waals surface area contributed by atoms with Crippen molar-refractivity contribution in [2.75, 3.05) is 13.6 Å². The maximum Gasteiger partial charge on any atom is 0.412 e. The Morgan fingerprint density at radius 1 is 1.38 bits per heavy atom. The maximum absolute atomic E-state index is 11.5. The zero-order chi connectivity index (χ0) is 16.9. The molecule has 3 rings (SSSR count). The molecule has 0 aliphatic carbocycles. The Labute approximate surface area is 146 Å². The van der Waals surface area contributed by atoms with Crippen LogP contribution in [0.1, 0.15) is 30.0 Å². The summed E-state index contributed by atoms with van der Waals surface area (Å²) in [5, 5.41) is 2.87. The molecule has 1 unspecified atom stereocenters. The Bertz CT molecular complexity index is 709. The van der Waals surface area contributed by atoms with Crippen LogP contribution in [0.15, 0.2) is 42.7 Å². The van der Waals surface area contributed by atoms with Crippen molar-refractivity contribution in [1.29, 1.82) is 0 Å². The summed E-state index contributed by atoms with van der Waals surface area (Å²) in [6.45, 7) is 1.92. The van der Waals surface area contributed by atoms with Crippen LogP contribution in [0.3, 0.4) is 0 Å². The van der Waals surface area contributed by atoms with E-state index in [1.807, 2.05) is 36.7 Å². The highest BCUT2D eigenvalue weighted by Gasteiger charge is 2.26. The van der Waals surface area contributed by atoms with Crippen molar-refractivity contribution < 1.29 is 9.53 Å². The summed E-state index contributed by atoms with van der Waals surface area (Å²) in [7, 11) is 1.52. The molecule has 0 spiro atoms. The zero-order valence-electron chi connectivity index (χ0n) is 13.5. The Kier molecular flexibility index (Phi) is 5.33. The number of carbonyl (C=O) groups excluding carboxylic acids is 1. The predicted molar refractivity (Wildman–Crippen MR) is 93.2 cm³/mol. The first-order valence-electron chi connectivity index (χ1n) is 7.99. The largest absolute Gasteiger partial charge is 0.412 e. The number of pyridine rings is 1. The number of benzene rings is 1. The van der Waals surface area contributed by atoms with E-state index in [1.54, 1.807) is 6.07 Å². The highest BCUT2D eigenvalue weighted by Crippen LogP contribution is 2.36. The third-order valence-corrected chi connectivity index (χ3v) is 4.56. The van der Waals surface area contributed by atoms with Gasteiger partial charge in [0.1, 0.15) is 0 Å². The quantitative estimate of drug-likeness (QED) is 0.916. The molecular formula is C18H20ClN3O2. The Balaban J connectivity index is 1.79. The van der Waals surface area contributed by atoms with Gasteiger partial charge in [0, 0.05) is 32.0 Å². The number of halogens is 1. The van der Waals surface area contributed by atoms with Crippen LogP contribution in [0.4, 0.5) is 4.79 Å². The molecule has 5 nitrogen and oxygen atoms in total. The second kappa shape index (κ2) is 7.64. The number of aromatic nitrogens is 1. The van der Waals surface area contributed by atoms with E-state index in [9.17, 15) is 4.79 Å². The van der Waals surface area contributed by atoms with Gasteiger partial charge in [0.05, 0.1) is 5.02 Å². The van der Waals surface area contributed by atoms with E-state index in [0.29, 0.717) is 16.8 Å². The smallest absolute Gasteiger partial charge is 0.409 e. The number of hydrogen-bond donors (Lipinski definition) is 1. The third-order valence-electron chi connectivity index (χ3n) is 4.25. The number of nitrogens with one attached hydrogen (secondary N) is 1. The van der Waals surface area contributed by atoms with Crippen molar-refractivity contribution >= 4 is 17.7 Å². The molecule has 2 aromatic rings. The first kappa shape index (κ1) is 16.7. The lowest BCUT2D eigenvalue weighted by Crippen LogP contribution is -2.24. The van der Waals surface area contributed by atoms with E-state index in [2.05, 4.69) is 15.2 Å². The average molecular weight is 346 g/mol. The highest BCUT2D eigenvalue weighted by molar-refractivity contribution is 6.32. The molecule has 6 heteroatoms. The van der Waals surface area contributed by atoms with Crippen LogP contribution < -0.4 is 10.1 Å². The van der Waals surface area contributed by atoms with Crippen molar-refractivity contribution in [3.63, 3.8) is 0 Å². The minimum absolute atomic E-state index is 0.294. The van der Waals surface area contributed by atoms with Gasteiger partial charge >= 0.3 is 6.09 Å². The Morgan fingerprint density at radius 2 is 2.17 bits per heavy atom. The van der Waals surface area contributed by atoms with Gasteiger partial charge in [0.25, 0.3) is 0 Å². The number of nitrogens with zero attached hydrogens (tertiary/aromatic N) is 2. The number of rotatable bonds is 4. The van der Waals surface area contributed by atoms with Crippen molar-refractivity contribution in [1.82, 2.24) is 15.2 Å². The molecule has 1 fully saturated rings. The van der Waals surface area contributed by atoms with Gasteiger partial charge in [-0.25, -0.2) is 4.79 Å². The molecule has 2 heterocycles. The summed E-state index contributed by atoms with van der Waals surface area (Å²) in [5.41, 5.74) is 2.36. The van der Waals surface area contributed by atoms with Crippen LogP contribution in [0.2, 0.25) is 5.02 Å². The first-order valence-corrected chi connectivity index (χ1v) is 8.37. The van der Waals surface area contributed by atoms with Crippen LogP contribution in [-0.4, -0.2) is 29.6 Å². The predicted octanol–water partition coefficient (Wildman–Crippen LogP) is 3.79. The van der Waals surface area contributed by atoms with Crippen molar-refractivity contribution in [2.24, 2.45) is 0 Å². The molecule has 1 aromatic heterocycles. The summed E-state index contributed by atoms with van der Waals surface area (Å²) < 4.78 is 5.24. The fraction of sp³-hybridized carbons (Fsp3) is 0.333. The fourth-order valence-corrected chi connectivity index (χ4v) is 3.23. The molecule has 0 saturated carbocycles. The van der Waals surface area contributed by atoms with Crippen LogP contribution in [-0.2, 0) is 6.54 Å². The van der Waals surface area contributed by atoms with Gasteiger partial charge in [-0.15, -0.1) is 0 Å². The fourth-order valence-electron chi connectivity index (χ4n) is 3.07. The maximum atomic E-state index is 11.5.